The van der Waals surface area contributed by atoms with Gasteiger partial charge in [0, 0.05) is 12.8 Å². The molecule has 2 atom stereocenters. The summed E-state index contributed by atoms with van der Waals surface area (Å²) >= 11 is 0. The Bertz CT molecular complexity index is 1230. The average molecular weight is 1020 g/mol. The predicted molar refractivity (Wildman–Crippen MR) is 319 cm³/mol. The number of carbonyl (C=O) groups excluding carboxylic acids is 2. The molecule has 0 fully saturated rings. The van der Waals surface area contributed by atoms with Crippen molar-refractivity contribution in [3.8, 4) is 0 Å². The zero-order valence-electron chi connectivity index (χ0n) is 48.9. The molecule has 0 aromatic carbocycles. The quantitative estimate of drug-likeness (QED) is 0.0320. The van der Waals surface area contributed by atoms with Gasteiger partial charge in [-0.2, -0.15) is 0 Å². The Morgan fingerprint density at radius 3 is 1.07 bits per heavy atom. The van der Waals surface area contributed by atoms with Gasteiger partial charge in [0.05, 0.1) is 25.4 Å². The largest absolute Gasteiger partial charge is 0.466 e. The standard InChI is InChI=1S/C67H125NO5/c1-3-5-7-9-11-13-15-17-19-20-21-22-23-24-25-26-28-32-35-39-43-47-51-55-59-65(70)64(63-69)68-66(71)60-56-52-48-44-40-36-33-29-27-30-34-38-42-46-50-54-58-62-73-67(72)61-57-53-49-45-41-37-31-18-16-14-12-10-8-6-4-2/h12,14,18,27,30-31,38,42,64-65,69-70H,3-11,13,15-17,19-26,28-29,32-37,39-41,43-63H2,1-2H3,(H,68,71)/b14-12-,30-27-,31-18-,42-38-. The second-order valence-corrected chi connectivity index (χ2v) is 22.1. The lowest BCUT2D eigenvalue weighted by molar-refractivity contribution is -0.143. The molecule has 0 aromatic heterocycles. The van der Waals surface area contributed by atoms with E-state index in [2.05, 4.69) is 67.8 Å². The van der Waals surface area contributed by atoms with Crippen molar-refractivity contribution < 1.29 is 24.5 Å². The molecule has 0 saturated carbocycles. The maximum absolute atomic E-state index is 12.5. The zero-order valence-corrected chi connectivity index (χ0v) is 48.9. The summed E-state index contributed by atoms with van der Waals surface area (Å²) in [7, 11) is 0. The van der Waals surface area contributed by atoms with Crippen LogP contribution in [0.15, 0.2) is 48.6 Å². The Balaban J connectivity index is 3.49. The molecule has 3 N–H and O–H groups in total. The van der Waals surface area contributed by atoms with Crippen LogP contribution in [0.1, 0.15) is 341 Å². The van der Waals surface area contributed by atoms with Gasteiger partial charge in [-0.3, -0.25) is 9.59 Å². The fraction of sp³-hybridized carbons (Fsp3) is 0.851. The molecule has 0 bridgehead atoms. The van der Waals surface area contributed by atoms with E-state index < -0.39 is 12.1 Å². The molecule has 0 rings (SSSR count). The third-order valence-corrected chi connectivity index (χ3v) is 14.9. The van der Waals surface area contributed by atoms with Gasteiger partial charge >= 0.3 is 5.97 Å². The van der Waals surface area contributed by atoms with Gasteiger partial charge in [-0.15, -0.1) is 0 Å². The maximum atomic E-state index is 12.5. The Kier molecular flexibility index (Phi) is 60.5. The number of rotatable bonds is 60. The Labute approximate surface area is 455 Å². The minimum atomic E-state index is -0.678. The lowest BCUT2D eigenvalue weighted by Gasteiger charge is -2.22. The molecular weight excluding hydrogens is 899 g/mol. The van der Waals surface area contributed by atoms with Crippen LogP contribution in [0.5, 0.6) is 0 Å². The van der Waals surface area contributed by atoms with Gasteiger partial charge in [0.2, 0.25) is 5.91 Å². The van der Waals surface area contributed by atoms with Crippen LogP contribution in [-0.2, 0) is 14.3 Å². The summed E-state index contributed by atoms with van der Waals surface area (Å²) in [6.07, 6.45) is 79.8. The molecule has 6 heteroatoms. The number of hydrogen-bond donors (Lipinski definition) is 3. The highest BCUT2D eigenvalue weighted by atomic mass is 16.5. The van der Waals surface area contributed by atoms with E-state index >= 15 is 0 Å². The summed E-state index contributed by atoms with van der Waals surface area (Å²) in [5.74, 6) is -0.0781. The SMILES string of the molecule is CCCCC/C=C\C/C=C\CCCCCCCC(=O)OCCCCC/C=C\C/C=C\CCCCCCCCCC(=O)NC(CO)C(O)CCCCCCCCCCCCCCCCCCCCCCCCCC. The molecule has 0 spiro atoms. The highest BCUT2D eigenvalue weighted by molar-refractivity contribution is 5.76. The van der Waals surface area contributed by atoms with Crippen molar-refractivity contribution in [2.75, 3.05) is 13.2 Å². The number of aliphatic hydroxyl groups is 2. The number of allylic oxidation sites excluding steroid dienone is 8. The third-order valence-electron chi connectivity index (χ3n) is 14.9. The fourth-order valence-corrected chi connectivity index (χ4v) is 9.88. The number of unbranched alkanes of at least 4 members (excludes halogenated alkanes) is 41. The van der Waals surface area contributed by atoms with E-state index in [4.69, 9.17) is 4.74 Å². The summed E-state index contributed by atoms with van der Waals surface area (Å²) in [6.45, 7) is 4.89. The average Bonchev–Trinajstić information content (AvgIpc) is 3.39. The molecule has 1 amide bonds. The van der Waals surface area contributed by atoms with Crippen molar-refractivity contribution in [3.63, 3.8) is 0 Å². The lowest BCUT2D eigenvalue weighted by Crippen LogP contribution is -2.45. The second kappa shape index (κ2) is 62.4. The van der Waals surface area contributed by atoms with E-state index in [0.29, 0.717) is 25.9 Å². The van der Waals surface area contributed by atoms with Gasteiger partial charge in [-0.1, -0.05) is 281 Å². The summed E-state index contributed by atoms with van der Waals surface area (Å²) in [4.78, 5) is 24.6. The minimum absolute atomic E-state index is 0.0292. The lowest BCUT2D eigenvalue weighted by atomic mass is 10.0. The van der Waals surface area contributed by atoms with E-state index in [9.17, 15) is 19.8 Å². The topological polar surface area (TPSA) is 95.9 Å². The number of hydrogen-bond acceptors (Lipinski definition) is 5. The van der Waals surface area contributed by atoms with Crippen LogP contribution in [0.25, 0.3) is 0 Å². The molecule has 0 radical (unpaired) electrons. The van der Waals surface area contributed by atoms with Gasteiger partial charge in [0.1, 0.15) is 0 Å². The van der Waals surface area contributed by atoms with Crippen molar-refractivity contribution in [2.45, 2.75) is 353 Å². The molecule has 6 nitrogen and oxygen atoms in total. The highest BCUT2D eigenvalue weighted by Gasteiger charge is 2.20. The first-order chi connectivity index (χ1) is 36.0. The fourth-order valence-electron chi connectivity index (χ4n) is 9.88. The predicted octanol–water partition coefficient (Wildman–Crippen LogP) is 20.5. The normalized spacial score (nSPS) is 12.9. The van der Waals surface area contributed by atoms with E-state index in [-0.39, 0.29) is 18.5 Å². The Morgan fingerprint density at radius 2 is 0.685 bits per heavy atom. The first-order valence-electron chi connectivity index (χ1n) is 32.4. The highest BCUT2D eigenvalue weighted by Crippen LogP contribution is 2.18. The van der Waals surface area contributed by atoms with Gasteiger partial charge in [-0.05, 0) is 96.3 Å². The van der Waals surface area contributed by atoms with E-state index in [1.807, 2.05) is 0 Å². The number of carbonyl (C=O) groups is 2. The van der Waals surface area contributed by atoms with Gasteiger partial charge in [0.25, 0.3) is 0 Å². The number of esters is 1. The molecule has 0 aliphatic heterocycles. The van der Waals surface area contributed by atoms with Crippen LogP contribution in [0.3, 0.4) is 0 Å². The van der Waals surface area contributed by atoms with Crippen molar-refractivity contribution in [1.82, 2.24) is 5.32 Å². The van der Waals surface area contributed by atoms with Crippen molar-refractivity contribution in [1.29, 1.82) is 0 Å². The van der Waals surface area contributed by atoms with Crippen molar-refractivity contribution in [3.05, 3.63) is 48.6 Å². The molecule has 2 unspecified atom stereocenters. The van der Waals surface area contributed by atoms with Crippen LogP contribution in [0.4, 0.5) is 0 Å². The van der Waals surface area contributed by atoms with E-state index in [1.54, 1.807) is 0 Å². The van der Waals surface area contributed by atoms with Crippen LogP contribution in [0.2, 0.25) is 0 Å². The summed E-state index contributed by atoms with van der Waals surface area (Å²) < 4.78 is 5.45. The van der Waals surface area contributed by atoms with E-state index in [1.165, 1.54) is 212 Å². The van der Waals surface area contributed by atoms with Crippen LogP contribution >= 0.6 is 0 Å². The molecule has 0 aliphatic rings. The molecule has 0 saturated heterocycles. The summed E-state index contributed by atoms with van der Waals surface area (Å²) in [5.41, 5.74) is 0. The first-order valence-corrected chi connectivity index (χ1v) is 32.4. The molecule has 428 valence electrons. The van der Waals surface area contributed by atoms with Crippen LogP contribution < -0.4 is 5.32 Å². The summed E-state index contributed by atoms with van der Waals surface area (Å²) in [6, 6.07) is -0.557. The number of nitrogens with one attached hydrogen (secondary N) is 1. The van der Waals surface area contributed by atoms with E-state index in [0.717, 1.165) is 96.3 Å². The number of ether oxygens (including phenoxy) is 1. The van der Waals surface area contributed by atoms with Gasteiger partial charge < -0.3 is 20.3 Å². The third kappa shape index (κ3) is 58.9. The Morgan fingerprint density at radius 1 is 0.384 bits per heavy atom. The molecule has 0 aromatic rings. The number of aliphatic hydroxyl groups excluding tert-OH is 2. The second-order valence-electron chi connectivity index (χ2n) is 22.1. The van der Waals surface area contributed by atoms with Crippen LogP contribution in [-0.4, -0.2) is 47.4 Å². The maximum Gasteiger partial charge on any atom is 0.305 e. The van der Waals surface area contributed by atoms with Gasteiger partial charge in [0.15, 0.2) is 0 Å². The van der Waals surface area contributed by atoms with Crippen molar-refractivity contribution >= 4 is 11.9 Å². The monoisotopic (exact) mass is 1020 g/mol. The summed E-state index contributed by atoms with van der Waals surface area (Å²) in [5, 5.41) is 23.4. The molecule has 0 heterocycles. The molecular formula is C67H125NO5. The zero-order chi connectivity index (χ0) is 52.9. The van der Waals surface area contributed by atoms with Crippen LogP contribution in [0, 0.1) is 0 Å². The first kappa shape index (κ1) is 70.8. The molecule has 0 aliphatic carbocycles. The Hall–Kier alpha value is -2.18. The van der Waals surface area contributed by atoms with Gasteiger partial charge in [-0.25, -0.2) is 0 Å². The smallest absolute Gasteiger partial charge is 0.305 e. The minimum Gasteiger partial charge on any atom is -0.466 e. The van der Waals surface area contributed by atoms with Crippen molar-refractivity contribution in [2.24, 2.45) is 0 Å². The molecule has 73 heavy (non-hydrogen) atoms. The number of amides is 1.